The van der Waals surface area contributed by atoms with Gasteiger partial charge in [0.05, 0.1) is 12.3 Å². The fourth-order valence-electron chi connectivity index (χ4n) is 4.74. The van der Waals surface area contributed by atoms with E-state index < -0.39 is 0 Å². The third-order valence-electron chi connectivity index (χ3n) is 7.20. The van der Waals surface area contributed by atoms with Gasteiger partial charge in [-0.05, 0) is 50.7 Å². The maximum Gasteiger partial charge on any atom is 0.255 e. The van der Waals surface area contributed by atoms with E-state index in [0.29, 0.717) is 29.5 Å². The Bertz CT molecular complexity index is 1530. The number of pyridine rings is 1. The number of hydrogen-bond donors (Lipinski definition) is 3. The molecule has 12 heteroatoms. The van der Waals surface area contributed by atoms with Gasteiger partial charge in [0.2, 0.25) is 0 Å². The number of piperazine rings is 1. The lowest BCUT2D eigenvalue weighted by atomic mass is 10.1. The molecular weight excluding hydrogens is 532 g/mol. The van der Waals surface area contributed by atoms with Crippen LogP contribution in [-0.4, -0.2) is 87.5 Å². The topological polar surface area (TPSA) is 125 Å². The third-order valence-corrected chi connectivity index (χ3v) is 7.20. The molecule has 4 heterocycles. The number of hydrazine groups is 1. The van der Waals surface area contributed by atoms with Crippen molar-refractivity contribution in [2.75, 3.05) is 63.0 Å². The van der Waals surface area contributed by atoms with Crippen LogP contribution in [0, 0.1) is 13.8 Å². The highest BCUT2D eigenvalue weighted by Gasteiger charge is 2.17. The number of benzene rings is 1. The lowest BCUT2D eigenvalue weighted by molar-refractivity contribution is 0.102. The number of methoxy groups -OCH3 is 1. The predicted molar refractivity (Wildman–Crippen MR) is 164 cm³/mol. The summed E-state index contributed by atoms with van der Waals surface area (Å²) >= 11 is 0. The summed E-state index contributed by atoms with van der Waals surface area (Å²) in [5.41, 5.74) is 8.10. The Hall–Kier alpha value is -4.39. The van der Waals surface area contributed by atoms with Gasteiger partial charge in [-0.25, -0.2) is 15.0 Å². The summed E-state index contributed by atoms with van der Waals surface area (Å²) in [6, 6.07) is 13.1. The van der Waals surface area contributed by atoms with Crippen LogP contribution >= 0.6 is 0 Å². The normalized spacial score (nSPS) is 14.9. The molecule has 3 aromatic heterocycles. The molecule has 0 radical (unpaired) electrons. The molecule has 1 aliphatic heterocycles. The standard InChI is InChI=1S/C30H38N10O2/c1-20-6-7-24(34-30(41)23-8-9-31-25(15-23)21(2)18-42-5)16-26(20)35-29-14-22(3)36-40(29)28-17-27(32-19-33-28)37-39-12-10-38(4)11-13-39/h6-9,14-17,19,21,35H,10-13,18H2,1-5H3,(H,34,41)(H,32,33,37). The van der Waals surface area contributed by atoms with Gasteiger partial charge in [-0.2, -0.15) is 9.78 Å². The molecule has 1 atom stereocenters. The molecule has 42 heavy (non-hydrogen) atoms. The van der Waals surface area contributed by atoms with Crippen LogP contribution in [0.25, 0.3) is 5.82 Å². The lowest BCUT2D eigenvalue weighted by Gasteiger charge is -2.32. The number of likely N-dealkylation sites (N-methyl/N-ethyl adjacent to an activating group) is 1. The second kappa shape index (κ2) is 13.1. The van der Waals surface area contributed by atoms with E-state index in [1.54, 1.807) is 24.1 Å². The summed E-state index contributed by atoms with van der Waals surface area (Å²) in [5.74, 6) is 1.96. The number of nitrogens with zero attached hydrogens (tertiary/aromatic N) is 7. The Morgan fingerprint density at radius 1 is 1.02 bits per heavy atom. The first-order chi connectivity index (χ1) is 20.3. The van der Waals surface area contributed by atoms with Gasteiger partial charge in [0.15, 0.2) is 5.82 Å². The summed E-state index contributed by atoms with van der Waals surface area (Å²) in [4.78, 5) is 28.7. The zero-order valence-electron chi connectivity index (χ0n) is 24.8. The fraction of sp³-hybridized carbons (Fsp3) is 0.367. The number of nitrogens with one attached hydrogen (secondary N) is 3. The Morgan fingerprint density at radius 3 is 2.62 bits per heavy atom. The van der Waals surface area contributed by atoms with E-state index in [-0.39, 0.29) is 11.8 Å². The van der Waals surface area contributed by atoms with Crippen molar-refractivity contribution < 1.29 is 9.53 Å². The maximum atomic E-state index is 13.1. The maximum absolute atomic E-state index is 13.1. The molecule has 220 valence electrons. The highest BCUT2D eigenvalue weighted by atomic mass is 16.5. The van der Waals surface area contributed by atoms with E-state index in [0.717, 1.165) is 54.6 Å². The van der Waals surface area contributed by atoms with Crippen molar-refractivity contribution in [3.8, 4) is 5.82 Å². The average molecular weight is 571 g/mol. The molecule has 4 aromatic rings. The summed E-state index contributed by atoms with van der Waals surface area (Å²) < 4.78 is 7.00. The number of carbonyl (C=O) groups is 1. The number of hydrogen-bond acceptors (Lipinski definition) is 10. The minimum absolute atomic E-state index is 0.0831. The molecule has 0 saturated carbocycles. The van der Waals surface area contributed by atoms with Gasteiger partial charge < -0.3 is 25.7 Å². The van der Waals surface area contributed by atoms with E-state index >= 15 is 0 Å². The second-order valence-electron chi connectivity index (χ2n) is 10.7. The van der Waals surface area contributed by atoms with E-state index in [1.807, 2.05) is 57.2 Å². The molecule has 1 saturated heterocycles. The van der Waals surface area contributed by atoms with Crippen LogP contribution in [0.1, 0.15) is 40.2 Å². The largest absolute Gasteiger partial charge is 0.384 e. The number of aromatic nitrogens is 5. The van der Waals surface area contributed by atoms with Gasteiger partial charge >= 0.3 is 0 Å². The summed E-state index contributed by atoms with van der Waals surface area (Å²) in [6.45, 7) is 10.3. The molecule has 1 amide bonds. The Balaban J connectivity index is 1.32. The van der Waals surface area contributed by atoms with Crippen molar-refractivity contribution in [1.29, 1.82) is 0 Å². The lowest BCUT2D eigenvalue weighted by Crippen LogP contribution is -2.47. The average Bonchev–Trinajstić information content (AvgIpc) is 3.36. The van der Waals surface area contributed by atoms with E-state index in [4.69, 9.17) is 4.74 Å². The molecule has 3 N–H and O–H groups in total. The van der Waals surface area contributed by atoms with Gasteiger partial charge in [-0.3, -0.25) is 9.78 Å². The van der Waals surface area contributed by atoms with E-state index in [9.17, 15) is 4.79 Å². The zero-order valence-corrected chi connectivity index (χ0v) is 24.8. The molecule has 1 unspecified atom stereocenters. The van der Waals surface area contributed by atoms with Crippen LogP contribution in [0.3, 0.4) is 0 Å². The molecule has 5 rings (SSSR count). The number of amides is 1. The summed E-state index contributed by atoms with van der Waals surface area (Å²) in [5, 5.41) is 13.3. The molecule has 0 aliphatic carbocycles. The fourth-order valence-corrected chi connectivity index (χ4v) is 4.74. The number of rotatable bonds is 10. The summed E-state index contributed by atoms with van der Waals surface area (Å²) in [6.07, 6.45) is 3.19. The van der Waals surface area contributed by atoms with Crippen molar-refractivity contribution in [2.45, 2.75) is 26.7 Å². The quantitative estimate of drug-likeness (QED) is 0.258. The SMILES string of the molecule is COCC(C)c1cc(C(=O)Nc2ccc(C)c(Nc3cc(C)nn3-c3cc(NN4CCN(C)CC4)ncn3)c2)ccn1. The van der Waals surface area contributed by atoms with Crippen molar-refractivity contribution in [3.63, 3.8) is 0 Å². The molecule has 0 spiro atoms. The minimum Gasteiger partial charge on any atom is -0.384 e. The smallest absolute Gasteiger partial charge is 0.255 e. The molecule has 1 fully saturated rings. The summed E-state index contributed by atoms with van der Waals surface area (Å²) in [7, 11) is 3.78. The second-order valence-corrected chi connectivity index (χ2v) is 10.7. The Morgan fingerprint density at radius 2 is 1.83 bits per heavy atom. The van der Waals surface area contributed by atoms with Gasteiger partial charge in [0.25, 0.3) is 5.91 Å². The van der Waals surface area contributed by atoms with Gasteiger partial charge in [-0.1, -0.05) is 13.0 Å². The van der Waals surface area contributed by atoms with Crippen LogP contribution in [0.2, 0.25) is 0 Å². The van der Waals surface area contributed by atoms with E-state index in [1.165, 1.54) is 6.33 Å². The van der Waals surface area contributed by atoms with Crippen LogP contribution in [0.4, 0.5) is 23.0 Å². The molecular formula is C30H38N10O2. The van der Waals surface area contributed by atoms with Crippen molar-refractivity contribution in [1.82, 2.24) is 34.6 Å². The highest BCUT2D eigenvalue weighted by Crippen LogP contribution is 2.27. The van der Waals surface area contributed by atoms with Gasteiger partial charge in [0.1, 0.15) is 18.0 Å². The minimum atomic E-state index is -0.208. The Labute approximate surface area is 246 Å². The first kappa shape index (κ1) is 29.1. The monoisotopic (exact) mass is 570 g/mol. The molecule has 1 aliphatic rings. The number of aryl methyl sites for hydroxylation is 2. The number of anilines is 4. The van der Waals surface area contributed by atoms with Crippen LogP contribution in [-0.2, 0) is 4.74 Å². The van der Waals surface area contributed by atoms with Crippen LogP contribution < -0.4 is 16.1 Å². The molecule has 1 aromatic carbocycles. The highest BCUT2D eigenvalue weighted by molar-refractivity contribution is 6.04. The predicted octanol–water partition coefficient (Wildman–Crippen LogP) is 3.99. The van der Waals surface area contributed by atoms with Crippen molar-refractivity contribution in [2.24, 2.45) is 0 Å². The first-order valence-corrected chi connectivity index (χ1v) is 14.0. The van der Waals surface area contributed by atoms with Crippen LogP contribution in [0.15, 0.2) is 55.0 Å². The van der Waals surface area contributed by atoms with Gasteiger partial charge in [-0.15, -0.1) is 0 Å². The number of carbonyl (C=O) groups excluding carboxylic acids is 1. The zero-order chi connectivity index (χ0) is 29.6. The molecule has 12 nitrogen and oxygen atoms in total. The van der Waals surface area contributed by atoms with Crippen molar-refractivity contribution in [3.05, 3.63) is 77.5 Å². The molecule has 0 bridgehead atoms. The van der Waals surface area contributed by atoms with Crippen molar-refractivity contribution >= 4 is 28.9 Å². The first-order valence-electron chi connectivity index (χ1n) is 14.0. The van der Waals surface area contributed by atoms with Gasteiger partial charge in [0, 0.05) is 80.2 Å². The number of ether oxygens (including phenoxy) is 1. The van der Waals surface area contributed by atoms with E-state index in [2.05, 4.69) is 53.1 Å². The van der Waals surface area contributed by atoms with Crippen LogP contribution in [0.5, 0.6) is 0 Å². The third kappa shape index (κ3) is 7.08. The Kier molecular flexibility index (Phi) is 9.06.